The fraction of sp³-hybridized carbons (Fsp3) is 0.500. The van der Waals surface area contributed by atoms with Gasteiger partial charge in [-0.25, -0.2) is 0 Å². The number of piperidine rings is 1. The van der Waals surface area contributed by atoms with E-state index < -0.39 is 0 Å². The molecule has 0 spiro atoms. The molecule has 0 radical (unpaired) electrons. The first-order valence-electron chi connectivity index (χ1n) is 11.1. The number of nitrogens with zero attached hydrogens (tertiary/aromatic N) is 1. The molecule has 2 aliphatic rings. The fourth-order valence-electron chi connectivity index (χ4n) is 5.50. The first-order valence-corrected chi connectivity index (χ1v) is 11.1. The van der Waals surface area contributed by atoms with E-state index in [1.54, 1.807) is 0 Å². The number of hydrogen-bond acceptors (Lipinski definition) is 3. The van der Waals surface area contributed by atoms with E-state index in [2.05, 4.69) is 66.5 Å². The van der Waals surface area contributed by atoms with Crippen LogP contribution in [-0.2, 0) is 22.4 Å². The lowest BCUT2D eigenvalue weighted by atomic mass is 9.76. The van der Waals surface area contributed by atoms with Crippen molar-refractivity contribution in [2.45, 2.75) is 62.9 Å². The Labute approximate surface area is 175 Å². The van der Waals surface area contributed by atoms with Crippen molar-refractivity contribution in [2.24, 2.45) is 5.92 Å². The molecule has 2 aliphatic heterocycles. The normalized spacial score (nSPS) is 26.4. The van der Waals surface area contributed by atoms with Crippen LogP contribution >= 0.6 is 0 Å². The maximum Gasteiger partial charge on any atom is 0.310 e. The number of esters is 1. The summed E-state index contributed by atoms with van der Waals surface area (Å²) in [6.07, 6.45) is 8.06. The number of fused-ring (bicyclic) bond motifs is 2. The second-order valence-electron chi connectivity index (χ2n) is 8.79. The van der Waals surface area contributed by atoms with Gasteiger partial charge in [-0.3, -0.25) is 9.69 Å². The van der Waals surface area contributed by atoms with Crippen molar-refractivity contribution in [3.63, 3.8) is 0 Å². The van der Waals surface area contributed by atoms with Gasteiger partial charge in [-0.05, 0) is 68.7 Å². The Bertz CT molecular complexity index is 801. The summed E-state index contributed by atoms with van der Waals surface area (Å²) in [7, 11) is 3.70. The number of unbranched alkanes of at least 4 members (excludes halogenated alkanes) is 1. The maximum absolute atomic E-state index is 12.6. The third-order valence-electron chi connectivity index (χ3n) is 7.17. The highest BCUT2D eigenvalue weighted by molar-refractivity contribution is 5.75. The van der Waals surface area contributed by atoms with Crippen LogP contribution in [0.15, 0.2) is 54.6 Å². The molecule has 2 aromatic carbocycles. The molecule has 0 amide bonds. The summed E-state index contributed by atoms with van der Waals surface area (Å²) in [4.78, 5) is 15.0. The summed E-state index contributed by atoms with van der Waals surface area (Å²) in [5.74, 6) is 0.195. The SMILES string of the molecule is COC(=O)[C@H]1[C@@H](c2ccc(CCCCc3ccccc3)cc2)C[C@@H]2CC[C@H]1N2C. The van der Waals surface area contributed by atoms with E-state index in [0.717, 1.165) is 25.7 Å². The van der Waals surface area contributed by atoms with Crippen LogP contribution in [0.1, 0.15) is 54.7 Å². The van der Waals surface area contributed by atoms with Gasteiger partial charge >= 0.3 is 5.97 Å². The number of hydrogen-bond donors (Lipinski definition) is 0. The highest BCUT2D eigenvalue weighted by Crippen LogP contribution is 2.46. The van der Waals surface area contributed by atoms with E-state index in [4.69, 9.17) is 4.74 Å². The molecule has 3 nitrogen and oxygen atoms in total. The quantitative estimate of drug-likeness (QED) is 0.492. The van der Waals surface area contributed by atoms with E-state index in [0.29, 0.717) is 12.1 Å². The smallest absolute Gasteiger partial charge is 0.310 e. The third kappa shape index (κ3) is 4.40. The van der Waals surface area contributed by atoms with Gasteiger partial charge in [0.05, 0.1) is 13.0 Å². The monoisotopic (exact) mass is 391 g/mol. The summed E-state index contributed by atoms with van der Waals surface area (Å²) >= 11 is 0. The Balaban J connectivity index is 1.37. The van der Waals surface area contributed by atoms with Gasteiger partial charge in [-0.1, -0.05) is 54.6 Å². The second-order valence-corrected chi connectivity index (χ2v) is 8.79. The minimum absolute atomic E-state index is 0.0412. The molecule has 4 atom stereocenters. The van der Waals surface area contributed by atoms with Crippen LogP contribution in [0.2, 0.25) is 0 Å². The highest BCUT2D eigenvalue weighted by atomic mass is 16.5. The molecular formula is C26H33NO2. The molecule has 0 N–H and O–H groups in total. The number of carbonyl (C=O) groups excluding carboxylic acids is 1. The summed E-state index contributed by atoms with van der Waals surface area (Å²) in [6, 6.07) is 20.7. The van der Waals surface area contributed by atoms with Crippen molar-refractivity contribution >= 4 is 5.97 Å². The standard InChI is InChI=1S/C26H33NO2/c1-27-22-16-17-24(27)25(26(28)29-2)23(18-22)21-14-12-20(13-15-21)11-7-6-10-19-8-4-3-5-9-19/h3-5,8-9,12-15,22-25H,6-7,10-11,16-18H2,1-2H3/t22-,23+,24+,25-/m0/s1. The molecule has 2 fully saturated rings. The Hall–Kier alpha value is -2.13. The lowest BCUT2D eigenvalue weighted by Crippen LogP contribution is -2.49. The highest BCUT2D eigenvalue weighted by Gasteiger charge is 2.49. The topological polar surface area (TPSA) is 29.5 Å². The largest absolute Gasteiger partial charge is 0.469 e. The van der Waals surface area contributed by atoms with Crippen LogP contribution < -0.4 is 0 Å². The summed E-state index contributed by atoms with van der Waals surface area (Å²) in [6.45, 7) is 0. The number of ether oxygens (including phenoxy) is 1. The Morgan fingerprint density at radius 3 is 2.28 bits per heavy atom. The Morgan fingerprint density at radius 1 is 0.966 bits per heavy atom. The van der Waals surface area contributed by atoms with Crippen molar-refractivity contribution in [1.82, 2.24) is 4.90 Å². The lowest BCUT2D eigenvalue weighted by Gasteiger charge is -2.41. The van der Waals surface area contributed by atoms with E-state index in [1.165, 1.54) is 43.1 Å². The molecule has 2 heterocycles. The summed E-state index contributed by atoms with van der Waals surface area (Å²) in [5, 5.41) is 0. The summed E-state index contributed by atoms with van der Waals surface area (Å²) in [5.41, 5.74) is 4.12. The molecule has 0 unspecified atom stereocenters. The molecule has 0 aliphatic carbocycles. The van der Waals surface area contributed by atoms with Gasteiger partial charge in [-0.15, -0.1) is 0 Å². The molecule has 29 heavy (non-hydrogen) atoms. The number of carbonyl (C=O) groups is 1. The molecule has 3 heteroatoms. The van der Waals surface area contributed by atoms with Crippen LogP contribution in [0.5, 0.6) is 0 Å². The predicted octanol–water partition coefficient (Wildman–Crippen LogP) is 4.99. The maximum atomic E-state index is 12.6. The first-order chi connectivity index (χ1) is 14.2. The van der Waals surface area contributed by atoms with Gasteiger partial charge in [0.15, 0.2) is 0 Å². The van der Waals surface area contributed by atoms with E-state index in [9.17, 15) is 4.79 Å². The van der Waals surface area contributed by atoms with Crippen LogP contribution in [0.4, 0.5) is 0 Å². The zero-order chi connectivity index (χ0) is 20.2. The number of aryl methyl sites for hydroxylation is 2. The first kappa shape index (κ1) is 20.2. The van der Waals surface area contributed by atoms with Gasteiger partial charge < -0.3 is 4.74 Å². The Kier molecular flexibility index (Phi) is 6.34. The van der Waals surface area contributed by atoms with Crippen LogP contribution in [-0.4, -0.2) is 37.1 Å². The average Bonchev–Trinajstić information content (AvgIpc) is 2.99. The zero-order valence-corrected chi connectivity index (χ0v) is 17.7. The Morgan fingerprint density at radius 2 is 1.62 bits per heavy atom. The van der Waals surface area contributed by atoms with Crippen LogP contribution in [0.3, 0.4) is 0 Å². The molecular weight excluding hydrogens is 358 g/mol. The van der Waals surface area contributed by atoms with E-state index in [1.807, 2.05) is 0 Å². The number of rotatable bonds is 7. The molecule has 2 bridgehead atoms. The van der Waals surface area contributed by atoms with Gasteiger partial charge in [0.2, 0.25) is 0 Å². The number of benzene rings is 2. The zero-order valence-electron chi connectivity index (χ0n) is 17.7. The average molecular weight is 392 g/mol. The molecule has 2 aromatic rings. The van der Waals surface area contributed by atoms with Crippen molar-refractivity contribution in [3.05, 3.63) is 71.3 Å². The van der Waals surface area contributed by atoms with Crippen molar-refractivity contribution in [2.75, 3.05) is 14.2 Å². The van der Waals surface area contributed by atoms with Gasteiger partial charge in [0.1, 0.15) is 0 Å². The van der Waals surface area contributed by atoms with E-state index in [-0.39, 0.29) is 17.8 Å². The number of methoxy groups -OCH3 is 1. The predicted molar refractivity (Wildman–Crippen MR) is 117 cm³/mol. The molecule has 0 aromatic heterocycles. The fourth-order valence-corrected chi connectivity index (χ4v) is 5.50. The van der Waals surface area contributed by atoms with Crippen molar-refractivity contribution in [1.29, 1.82) is 0 Å². The van der Waals surface area contributed by atoms with Crippen molar-refractivity contribution < 1.29 is 9.53 Å². The van der Waals surface area contributed by atoms with Gasteiger partial charge in [0.25, 0.3) is 0 Å². The van der Waals surface area contributed by atoms with Gasteiger partial charge in [0, 0.05) is 18.0 Å². The molecule has 0 saturated carbocycles. The van der Waals surface area contributed by atoms with Crippen LogP contribution in [0.25, 0.3) is 0 Å². The van der Waals surface area contributed by atoms with Gasteiger partial charge in [-0.2, -0.15) is 0 Å². The van der Waals surface area contributed by atoms with E-state index >= 15 is 0 Å². The second kappa shape index (κ2) is 9.13. The molecule has 2 saturated heterocycles. The van der Waals surface area contributed by atoms with Crippen molar-refractivity contribution in [3.8, 4) is 0 Å². The lowest BCUT2D eigenvalue weighted by molar-refractivity contribution is -0.150. The molecule has 4 rings (SSSR count). The minimum Gasteiger partial charge on any atom is -0.469 e. The molecule has 154 valence electrons. The summed E-state index contributed by atoms with van der Waals surface area (Å²) < 4.78 is 5.20. The van der Waals surface area contributed by atoms with Crippen LogP contribution in [0, 0.1) is 5.92 Å². The minimum atomic E-state index is -0.0443. The third-order valence-corrected chi connectivity index (χ3v) is 7.17.